The number of Topliss-reactive ketones (excluding diaryl/α,β-unsaturated/α-hetero) is 1. The lowest BCUT2D eigenvalue weighted by Crippen LogP contribution is -2.09. The van der Waals surface area contributed by atoms with Crippen LogP contribution in [0, 0.1) is 0 Å². The molecule has 0 aliphatic carbocycles. The first kappa shape index (κ1) is 14.4. The van der Waals surface area contributed by atoms with Crippen LogP contribution in [0.5, 0.6) is 0 Å². The number of carbonyl (C=O) groups is 2. The molecule has 1 rings (SSSR count). The third-order valence-electron chi connectivity index (χ3n) is 2.71. The summed E-state index contributed by atoms with van der Waals surface area (Å²) in [7, 11) is 0. The minimum atomic E-state index is -0.298. The average molecular weight is 248 g/mol. The van der Waals surface area contributed by atoms with Crippen LogP contribution in [0.15, 0.2) is 24.3 Å². The standard InChI is InChI=1S/C15H20O3/c1-3-12-6-5-7-13(10-12)11-14(16)8-9-15(17)18-4-2/h5-7,10H,3-4,8-9,11H2,1-2H3. The number of ketones is 1. The molecule has 0 radical (unpaired) electrons. The Balaban J connectivity index is 2.42. The lowest BCUT2D eigenvalue weighted by molar-refractivity contribution is -0.144. The molecule has 0 heterocycles. The minimum Gasteiger partial charge on any atom is -0.466 e. The molecule has 0 aliphatic heterocycles. The van der Waals surface area contributed by atoms with Gasteiger partial charge in [-0.2, -0.15) is 0 Å². The number of hydrogen-bond donors (Lipinski definition) is 0. The number of rotatable bonds is 7. The SMILES string of the molecule is CCOC(=O)CCC(=O)Cc1cccc(CC)c1. The molecule has 0 fully saturated rings. The number of ether oxygens (including phenoxy) is 1. The van der Waals surface area contributed by atoms with Crippen molar-refractivity contribution in [3.63, 3.8) is 0 Å². The Kier molecular flexibility index (Phi) is 6.12. The smallest absolute Gasteiger partial charge is 0.306 e. The number of esters is 1. The van der Waals surface area contributed by atoms with E-state index in [1.807, 2.05) is 24.3 Å². The monoisotopic (exact) mass is 248 g/mol. The van der Waals surface area contributed by atoms with Gasteiger partial charge >= 0.3 is 5.97 Å². The van der Waals surface area contributed by atoms with E-state index in [1.165, 1.54) is 5.56 Å². The van der Waals surface area contributed by atoms with Crippen LogP contribution in [0.3, 0.4) is 0 Å². The van der Waals surface area contributed by atoms with E-state index in [9.17, 15) is 9.59 Å². The van der Waals surface area contributed by atoms with Gasteiger partial charge in [0.15, 0.2) is 0 Å². The van der Waals surface area contributed by atoms with Gasteiger partial charge < -0.3 is 4.74 Å². The van der Waals surface area contributed by atoms with Gasteiger partial charge in [0.1, 0.15) is 5.78 Å². The maximum atomic E-state index is 11.7. The zero-order chi connectivity index (χ0) is 13.4. The number of aryl methyl sites for hydroxylation is 1. The fraction of sp³-hybridized carbons (Fsp3) is 0.467. The van der Waals surface area contributed by atoms with E-state index in [0.29, 0.717) is 13.0 Å². The maximum absolute atomic E-state index is 11.7. The molecule has 0 bridgehead atoms. The van der Waals surface area contributed by atoms with Crippen LogP contribution in [0.2, 0.25) is 0 Å². The highest BCUT2D eigenvalue weighted by molar-refractivity contribution is 5.84. The van der Waals surface area contributed by atoms with Crippen LogP contribution in [-0.2, 0) is 27.2 Å². The zero-order valence-electron chi connectivity index (χ0n) is 11.1. The summed E-state index contributed by atoms with van der Waals surface area (Å²) in [5, 5.41) is 0. The molecule has 18 heavy (non-hydrogen) atoms. The largest absolute Gasteiger partial charge is 0.466 e. The molecule has 0 aromatic heterocycles. The summed E-state index contributed by atoms with van der Waals surface area (Å²) in [6.07, 6.45) is 1.80. The molecule has 0 atom stereocenters. The summed E-state index contributed by atoms with van der Waals surface area (Å²) < 4.78 is 4.79. The van der Waals surface area contributed by atoms with Gasteiger partial charge in [-0.15, -0.1) is 0 Å². The minimum absolute atomic E-state index is 0.0799. The molecule has 0 saturated carbocycles. The summed E-state index contributed by atoms with van der Waals surface area (Å²) in [6.45, 7) is 4.21. The Morgan fingerprint density at radius 1 is 1.11 bits per heavy atom. The van der Waals surface area contributed by atoms with E-state index in [0.717, 1.165) is 12.0 Å². The molecule has 3 heteroatoms. The number of hydrogen-bond acceptors (Lipinski definition) is 3. The van der Waals surface area contributed by atoms with Gasteiger partial charge in [-0.25, -0.2) is 0 Å². The lowest BCUT2D eigenvalue weighted by Gasteiger charge is -2.04. The van der Waals surface area contributed by atoms with Crippen molar-refractivity contribution in [2.75, 3.05) is 6.61 Å². The van der Waals surface area contributed by atoms with E-state index in [1.54, 1.807) is 6.92 Å². The Bertz CT molecular complexity index is 410. The molecular weight excluding hydrogens is 228 g/mol. The van der Waals surface area contributed by atoms with Crippen molar-refractivity contribution in [2.45, 2.75) is 39.5 Å². The quantitative estimate of drug-likeness (QED) is 0.697. The molecule has 0 N–H and O–H groups in total. The molecule has 0 saturated heterocycles. The molecule has 1 aromatic carbocycles. The van der Waals surface area contributed by atoms with E-state index in [-0.39, 0.29) is 24.6 Å². The van der Waals surface area contributed by atoms with Gasteiger partial charge in [0.25, 0.3) is 0 Å². The second-order valence-electron chi connectivity index (χ2n) is 4.19. The predicted octanol–water partition coefficient (Wildman–Crippen LogP) is 2.70. The molecule has 0 aliphatic rings. The summed E-state index contributed by atoms with van der Waals surface area (Å²) in [6, 6.07) is 8.00. The Hall–Kier alpha value is -1.64. The van der Waals surface area contributed by atoms with Gasteiger partial charge in [-0.05, 0) is 24.5 Å². The second-order valence-corrected chi connectivity index (χ2v) is 4.19. The fourth-order valence-corrected chi connectivity index (χ4v) is 1.75. The highest BCUT2D eigenvalue weighted by Gasteiger charge is 2.08. The van der Waals surface area contributed by atoms with Crippen LogP contribution in [-0.4, -0.2) is 18.4 Å². The van der Waals surface area contributed by atoms with Gasteiger partial charge in [0.2, 0.25) is 0 Å². The molecule has 0 spiro atoms. The van der Waals surface area contributed by atoms with Crippen LogP contribution >= 0.6 is 0 Å². The first-order valence-corrected chi connectivity index (χ1v) is 6.40. The summed E-state index contributed by atoms with van der Waals surface area (Å²) in [5.74, 6) is -0.218. The Morgan fingerprint density at radius 2 is 1.83 bits per heavy atom. The average Bonchev–Trinajstić information content (AvgIpc) is 2.37. The van der Waals surface area contributed by atoms with E-state index >= 15 is 0 Å². The van der Waals surface area contributed by atoms with Crippen LogP contribution in [0.25, 0.3) is 0 Å². The lowest BCUT2D eigenvalue weighted by atomic mass is 10.0. The van der Waals surface area contributed by atoms with Crippen molar-refractivity contribution in [3.8, 4) is 0 Å². The van der Waals surface area contributed by atoms with Gasteiger partial charge in [0.05, 0.1) is 13.0 Å². The van der Waals surface area contributed by atoms with E-state index < -0.39 is 0 Å². The summed E-state index contributed by atoms with van der Waals surface area (Å²) in [5.41, 5.74) is 2.24. The molecular formula is C15H20O3. The summed E-state index contributed by atoms with van der Waals surface area (Å²) in [4.78, 5) is 22.8. The third-order valence-corrected chi connectivity index (χ3v) is 2.71. The van der Waals surface area contributed by atoms with Gasteiger partial charge in [0, 0.05) is 12.8 Å². The topological polar surface area (TPSA) is 43.4 Å². The predicted molar refractivity (Wildman–Crippen MR) is 70.4 cm³/mol. The maximum Gasteiger partial charge on any atom is 0.306 e. The first-order chi connectivity index (χ1) is 8.65. The number of benzene rings is 1. The molecule has 3 nitrogen and oxygen atoms in total. The van der Waals surface area contributed by atoms with E-state index in [2.05, 4.69) is 6.92 Å². The molecule has 1 aromatic rings. The highest BCUT2D eigenvalue weighted by Crippen LogP contribution is 2.08. The van der Waals surface area contributed by atoms with Crippen molar-refractivity contribution < 1.29 is 14.3 Å². The zero-order valence-corrected chi connectivity index (χ0v) is 11.1. The van der Waals surface area contributed by atoms with Crippen LogP contribution in [0.4, 0.5) is 0 Å². The van der Waals surface area contributed by atoms with Crippen molar-refractivity contribution >= 4 is 11.8 Å². The van der Waals surface area contributed by atoms with Crippen molar-refractivity contribution in [3.05, 3.63) is 35.4 Å². The normalized spacial score (nSPS) is 10.1. The van der Waals surface area contributed by atoms with Crippen molar-refractivity contribution in [1.29, 1.82) is 0 Å². The highest BCUT2D eigenvalue weighted by atomic mass is 16.5. The van der Waals surface area contributed by atoms with Gasteiger partial charge in [-0.3, -0.25) is 9.59 Å². The first-order valence-electron chi connectivity index (χ1n) is 6.40. The fourth-order valence-electron chi connectivity index (χ4n) is 1.75. The Labute approximate surface area is 108 Å². The van der Waals surface area contributed by atoms with Crippen LogP contribution < -0.4 is 0 Å². The third kappa shape index (κ3) is 5.13. The van der Waals surface area contributed by atoms with Crippen molar-refractivity contribution in [1.82, 2.24) is 0 Å². The van der Waals surface area contributed by atoms with Crippen molar-refractivity contribution in [2.24, 2.45) is 0 Å². The Morgan fingerprint density at radius 3 is 2.50 bits per heavy atom. The number of carbonyl (C=O) groups excluding carboxylic acids is 2. The summed E-state index contributed by atoms with van der Waals surface area (Å²) >= 11 is 0. The molecule has 0 amide bonds. The second kappa shape index (κ2) is 7.64. The van der Waals surface area contributed by atoms with E-state index in [4.69, 9.17) is 4.74 Å². The van der Waals surface area contributed by atoms with Gasteiger partial charge in [-0.1, -0.05) is 31.2 Å². The van der Waals surface area contributed by atoms with Crippen LogP contribution in [0.1, 0.15) is 37.8 Å². The molecule has 98 valence electrons. The molecule has 0 unspecified atom stereocenters.